The van der Waals surface area contributed by atoms with Crippen LogP contribution in [0.5, 0.6) is 46.0 Å². The first-order valence-electron chi connectivity index (χ1n) is 24.2. The predicted molar refractivity (Wildman–Crippen MR) is 298 cm³/mol. The van der Waals surface area contributed by atoms with Gasteiger partial charge in [-0.2, -0.15) is 0 Å². The molecule has 0 heterocycles. The average Bonchev–Trinajstić information content (AvgIpc) is 3.46. The molecule has 2 aliphatic rings. The second-order valence-electron chi connectivity index (χ2n) is 19.6. The van der Waals surface area contributed by atoms with Gasteiger partial charge in [0.25, 0.3) is 22.7 Å². The van der Waals surface area contributed by atoms with Crippen molar-refractivity contribution in [2.45, 2.75) is 58.8 Å². The van der Waals surface area contributed by atoms with Gasteiger partial charge in [0.2, 0.25) is 0 Å². The van der Waals surface area contributed by atoms with Crippen LogP contribution in [0.4, 0.5) is 45.5 Å². The van der Waals surface area contributed by atoms with Gasteiger partial charge < -0.3 is 63.8 Å². The molecule has 0 saturated carbocycles. The molecule has 0 spiro atoms. The fourth-order valence-electron chi connectivity index (χ4n) is 10.3. The van der Waals surface area contributed by atoms with Crippen molar-refractivity contribution in [3.8, 4) is 46.0 Å². The fraction of sp³-hybridized carbons (Fsp3) is 0.158. The van der Waals surface area contributed by atoms with Gasteiger partial charge in [0, 0.05) is 212 Å². The van der Waals surface area contributed by atoms with Crippen LogP contribution in [0.25, 0.3) is 0 Å². The molecule has 0 unspecified atom stereocenters. The summed E-state index contributed by atoms with van der Waals surface area (Å²) in [4.78, 5) is 44.0. The molecule has 0 atom stereocenters. The molecule has 10 rings (SSSR count). The van der Waals surface area contributed by atoms with Crippen LogP contribution in [0.3, 0.4) is 0 Å². The van der Waals surface area contributed by atoms with Gasteiger partial charge >= 0.3 is 0 Å². The average molecular weight is 1110 g/mol. The number of nitrogens with zero attached hydrogens (tertiary/aromatic N) is 4. The number of non-ortho nitro benzene ring substituents is 4. The topological polar surface area (TPSA) is 438 Å². The third-order valence-corrected chi connectivity index (χ3v) is 14.1. The minimum atomic E-state index is -0.760. The molecule has 16 bridgehead atoms. The first-order valence-corrected chi connectivity index (χ1v) is 24.2. The minimum absolute atomic E-state index is 0. The summed E-state index contributed by atoms with van der Waals surface area (Å²) in [6, 6.07) is 21.1. The van der Waals surface area contributed by atoms with E-state index in [9.17, 15) is 81.3 Å². The normalized spacial score (nSPS) is 12.4. The van der Waals surface area contributed by atoms with Crippen LogP contribution in [-0.4, -0.2) is 60.5 Å². The Morgan fingerprint density at radius 3 is 0.444 bits per heavy atom. The van der Waals surface area contributed by atoms with E-state index in [1.807, 2.05) is 0 Å². The van der Waals surface area contributed by atoms with Crippen molar-refractivity contribution in [2.75, 3.05) is 22.9 Å². The molecule has 0 saturated heterocycles. The Labute approximate surface area is 458 Å². The monoisotopic (exact) mass is 1100 g/mol. The van der Waals surface area contributed by atoms with E-state index in [2.05, 4.69) is 0 Å². The number of fused-ring (bicyclic) bond motifs is 16. The summed E-state index contributed by atoms with van der Waals surface area (Å²) in [6.45, 7) is 0. The summed E-state index contributed by atoms with van der Waals surface area (Å²) in [5.74, 6) is -2.00. The Morgan fingerprint density at radius 1 is 0.247 bits per heavy atom. The Hall–Kier alpha value is -11.0. The van der Waals surface area contributed by atoms with Crippen LogP contribution in [-0.2, 0) is 51.4 Å². The van der Waals surface area contributed by atoms with E-state index >= 15 is 0 Å². The number of nitro benzene ring substituents is 4. The second kappa shape index (κ2) is 21.8. The Balaban J connectivity index is 0.000000214. The molecule has 0 aromatic heterocycles. The van der Waals surface area contributed by atoms with E-state index in [0.717, 1.165) is 48.5 Å². The lowest BCUT2D eigenvalue weighted by Crippen LogP contribution is -2.04. The molecule has 81 heavy (non-hydrogen) atoms. The van der Waals surface area contributed by atoms with Gasteiger partial charge in [0.1, 0.15) is 46.0 Å². The van der Waals surface area contributed by atoms with Crippen LogP contribution >= 0.6 is 0 Å². The standard InChI is InChI=1S/C28H20N4O12.C28H28N4O4.CH4/c33-25-13-1-14-6-22(30(39)40)8-16(26(14)34)3-18-10-24(32(43)44)12-20(28(18)36)4-19-11-23(31(41)42)9-17(27(19)35)2-15(25)7-21(5-13)29(37)38;29-21-5-13-1-14-6-22(30)8-16(26(14)34)3-18-10-24(32)12-20(28(18)36)4-19-11-23(31)9-17(27(19)35)2-15(7-21)25(13)33;/h5-12,33-36H,1-4H2;5-12,33-36H,1-4,29-32H2;1H4. The number of rotatable bonds is 4. The fourth-order valence-corrected chi connectivity index (χ4v) is 10.3. The zero-order valence-electron chi connectivity index (χ0n) is 41.8. The highest BCUT2D eigenvalue weighted by molar-refractivity contribution is 5.66. The van der Waals surface area contributed by atoms with Crippen LogP contribution in [0.2, 0.25) is 0 Å². The van der Waals surface area contributed by atoms with Crippen LogP contribution in [0.15, 0.2) is 97.1 Å². The zero-order chi connectivity index (χ0) is 57.8. The Morgan fingerprint density at radius 2 is 0.346 bits per heavy atom. The smallest absolute Gasteiger partial charge is 0.270 e. The summed E-state index contributed by atoms with van der Waals surface area (Å²) >= 11 is 0. The zero-order valence-corrected chi connectivity index (χ0v) is 41.8. The molecule has 0 aliphatic heterocycles. The van der Waals surface area contributed by atoms with Gasteiger partial charge in [-0.15, -0.1) is 0 Å². The number of aromatic hydroxyl groups is 8. The third-order valence-electron chi connectivity index (χ3n) is 14.1. The lowest BCUT2D eigenvalue weighted by molar-refractivity contribution is -0.385. The molecule has 416 valence electrons. The Kier molecular flexibility index (Phi) is 15.1. The molecule has 0 radical (unpaired) electrons. The molecule has 24 heteroatoms. The molecule has 0 fully saturated rings. The summed E-state index contributed by atoms with van der Waals surface area (Å²) in [6.07, 6.45) is -1.18. The number of benzene rings is 8. The van der Waals surface area contributed by atoms with Gasteiger partial charge in [-0.25, -0.2) is 0 Å². The van der Waals surface area contributed by atoms with E-state index in [4.69, 9.17) is 22.9 Å². The summed E-state index contributed by atoms with van der Waals surface area (Å²) in [7, 11) is 0. The van der Waals surface area contributed by atoms with E-state index in [0.29, 0.717) is 67.3 Å². The minimum Gasteiger partial charge on any atom is -0.507 e. The number of hydrogen-bond donors (Lipinski definition) is 12. The molecule has 8 aromatic carbocycles. The van der Waals surface area contributed by atoms with Crippen LogP contribution in [0, 0.1) is 40.5 Å². The highest BCUT2D eigenvalue weighted by atomic mass is 16.6. The highest BCUT2D eigenvalue weighted by Crippen LogP contribution is 2.44. The maximum atomic E-state index is 11.8. The van der Waals surface area contributed by atoms with Gasteiger partial charge in [-0.1, -0.05) is 7.43 Å². The molecule has 16 N–H and O–H groups in total. The van der Waals surface area contributed by atoms with E-state index in [1.165, 1.54) is 0 Å². The van der Waals surface area contributed by atoms with Crippen molar-refractivity contribution in [1.82, 2.24) is 0 Å². The number of nitro groups is 4. The van der Waals surface area contributed by atoms with E-state index < -0.39 is 91.1 Å². The number of nitrogens with two attached hydrogens (primary N) is 4. The summed E-state index contributed by atoms with van der Waals surface area (Å²) in [5, 5.41) is 136. The van der Waals surface area contributed by atoms with Crippen molar-refractivity contribution in [2.24, 2.45) is 0 Å². The van der Waals surface area contributed by atoms with E-state index in [1.54, 1.807) is 48.5 Å². The Bertz CT molecular complexity index is 3280. The lowest BCUT2D eigenvalue weighted by atomic mass is 9.90. The van der Waals surface area contributed by atoms with Gasteiger partial charge in [-0.3, -0.25) is 40.5 Å². The highest BCUT2D eigenvalue weighted by Gasteiger charge is 2.28. The maximum absolute atomic E-state index is 11.8. The van der Waals surface area contributed by atoms with Crippen molar-refractivity contribution in [3.63, 3.8) is 0 Å². The van der Waals surface area contributed by atoms with Crippen molar-refractivity contribution in [3.05, 3.63) is 227 Å². The quantitative estimate of drug-likeness (QED) is 0.0338. The first kappa shape index (κ1) is 56.2. The molecule has 0 amide bonds. The molecule has 2 aliphatic carbocycles. The van der Waals surface area contributed by atoms with E-state index in [-0.39, 0.29) is 101 Å². The molecule has 8 aromatic rings. The van der Waals surface area contributed by atoms with Gasteiger partial charge in [-0.05, 0) is 48.5 Å². The van der Waals surface area contributed by atoms with Crippen LogP contribution in [0.1, 0.15) is 96.4 Å². The van der Waals surface area contributed by atoms with Crippen molar-refractivity contribution in [1.29, 1.82) is 0 Å². The second-order valence-corrected chi connectivity index (χ2v) is 19.6. The molecule has 24 nitrogen and oxygen atoms in total. The van der Waals surface area contributed by atoms with Crippen LogP contribution < -0.4 is 22.9 Å². The summed E-state index contributed by atoms with van der Waals surface area (Å²) < 4.78 is 0. The maximum Gasteiger partial charge on any atom is 0.270 e. The van der Waals surface area contributed by atoms with Gasteiger partial charge in [0.15, 0.2) is 0 Å². The number of nitrogen functional groups attached to an aromatic ring is 4. The predicted octanol–water partition coefficient (Wildman–Crippen LogP) is 8.97. The van der Waals surface area contributed by atoms with Crippen molar-refractivity contribution < 1.29 is 60.5 Å². The largest absolute Gasteiger partial charge is 0.507 e. The number of phenols is 8. The summed E-state index contributed by atoms with van der Waals surface area (Å²) in [5.41, 5.74) is 27.3. The number of hydrogen-bond acceptors (Lipinski definition) is 20. The first-order chi connectivity index (χ1) is 37.8. The number of anilines is 4. The van der Waals surface area contributed by atoms with Gasteiger partial charge in [0.05, 0.1) is 19.7 Å². The van der Waals surface area contributed by atoms with Crippen molar-refractivity contribution >= 4 is 45.5 Å². The molecular weight excluding hydrogens is 1050 g/mol. The molecular formula is C57H52N8O16. The number of phenolic OH excluding ortho intramolecular Hbond substituents is 8. The third kappa shape index (κ3) is 11.4. The SMILES string of the molecule is C.Nc1cc2c(O)c(c1)Cc1cc(N)cc(c1O)Cc1cc(N)cc(c1O)Cc1cc(N)cc(c1O)C2.O=[N+]([O-])c1cc2c(O)c(c1)Cc1cc([N+](=O)[O-])cc(c1O)Cc1cc([N+](=O)[O-])cc(c1O)Cc1cc([N+](=O)[O-])cc(c1O)C2. The lowest BCUT2D eigenvalue weighted by Gasteiger charge is -2.18.